The average molecular weight is 354 g/mol. The number of carbonyl (C=O) groups is 1. The summed E-state index contributed by atoms with van der Waals surface area (Å²) in [6.07, 6.45) is 2.20. The SMILES string of the molecule is CC(C)NC(=O)Cc1cn(-c2ccccc2)nc1-c1ccc(Cl)cc1. The molecule has 1 N–H and O–H groups in total. The van der Waals surface area contributed by atoms with E-state index in [2.05, 4.69) is 5.32 Å². The molecular weight excluding hydrogens is 334 g/mol. The Hall–Kier alpha value is -2.59. The van der Waals surface area contributed by atoms with Gasteiger partial charge in [-0.1, -0.05) is 41.9 Å². The number of nitrogens with zero attached hydrogens (tertiary/aromatic N) is 2. The fraction of sp³-hybridized carbons (Fsp3) is 0.200. The summed E-state index contributed by atoms with van der Waals surface area (Å²) in [5.74, 6) is -0.0159. The Labute approximate surface area is 152 Å². The molecule has 3 rings (SSSR count). The second kappa shape index (κ2) is 7.53. The van der Waals surface area contributed by atoms with Crippen molar-refractivity contribution in [3.05, 3.63) is 71.4 Å². The van der Waals surface area contributed by atoms with Gasteiger partial charge in [-0.25, -0.2) is 4.68 Å². The molecule has 128 valence electrons. The highest BCUT2D eigenvalue weighted by atomic mass is 35.5. The van der Waals surface area contributed by atoms with Gasteiger partial charge in [-0.05, 0) is 38.1 Å². The normalized spacial score (nSPS) is 10.9. The van der Waals surface area contributed by atoms with Gasteiger partial charge in [-0.3, -0.25) is 4.79 Å². The maximum Gasteiger partial charge on any atom is 0.224 e. The van der Waals surface area contributed by atoms with Crippen LogP contribution in [0.1, 0.15) is 19.4 Å². The van der Waals surface area contributed by atoms with E-state index in [4.69, 9.17) is 16.7 Å². The first-order valence-corrected chi connectivity index (χ1v) is 8.60. The zero-order valence-electron chi connectivity index (χ0n) is 14.2. The lowest BCUT2D eigenvalue weighted by Gasteiger charge is -2.08. The number of benzene rings is 2. The molecule has 0 aliphatic rings. The second-order valence-electron chi connectivity index (χ2n) is 6.19. The van der Waals surface area contributed by atoms with Gasteiger partial charge < -0.3 is 5.32 Å². The Morgan fingerprint density at radius 2 is 1.80 bits per heavy atom. The summed E-state index contributed by atoms with van der Waals surface area (Å²) in [5, 5.41) is 8.31. The summed E-state index contributed by atoms with van der Waals surface area (Å²) in [6, 6.07) is 17.5. The van der Waals surface area contributed by atoms with Gasteiger partial charge in [-0.2, -0.15) is 5.10 Å². The fourth-order valence-corrected chi connectivity index (χ4v) is 2.77. The zero-order valence-corrected chi connectivity index (χ0v) is 15.0. The van der Waals surface area contributed by atoms with Gasteiger partial charge in [0.1, 0.15) is 0 Å². The van der Waals surface area contributed by atoms with Gasteiger partial charge >= 0.3 is 0 Å². The first-order chi connectivity index (χ1) is 12.0. The minimum atomic E-state index is -0.0159. The molecule has 0 saturated heterocycles. The van der Waals surface area contributed by atoms with E-state index in [0.717, 1.165) is 22.5 Å². The number of hydrogen-bond donors (Lipinski definition) is 1. The first-order valence-electron chi connectivity index (χ1n) is 8.22. The summed E-state index contributed by atoms with van der Waals surface area (Å²) in [6.45, 7) is 3.90. The number of hydrogen-bond acceptors (Lipinski definition) is 2. The number of rotatable bonds is 5. The van der Waals surface area contributed by atoms with Gasteiger partial charge in [0.15, 0.2) is 0 Å². The summed E-state index contributed by atoms with van der Waals surface area (Å²) in [4.78, 5) is 12.2. The Balaban J connectivity index is 2.00. The number of amides is 1. The maximum atomic E-state index is 12.2. The quantitative estimate of drug-likeness (QED) is 0.745. The number of carbonyl (C=O) groups excluding carboxylic acids is 1. The van der Waals surface area contributed by atoms with Gasteiger partial charge in [0.2, 0.25) is 5.91 Å². The topological polar surface area (TPSA) is 46.9 Å². The molecule has 25 heavy (non-hydrogen) atoms. The fourth-order valence-electron chi connectivity index (χ4n) is 2.65. The van der Waals surface area contributed by atoms with Crippen LogP contribution in [-0.2, 0) is 11.2 Å². The van der Waals surface area contributed by atoms with Crippen molar-refractivity contribution in [2.45, 2.75) is 26.3 Å². The standard InChI is InChI=1S/C20H20ClN3O/c1-14(2)22-19(25)12-16-13-24(18-6-4-3-5-7-18)23-20(16)15-8-10-17(21)11-9-15/h3-11,13-14H,12H2,1-2H3,(H,22,25). The first kappa shape index (κ1) is 17.2. The van der Waals surface area contributed by atoms with E-state index < -0.39 is 0 Å². The summed E-state index contributed by atoms with van der Waals surface area (Å²) >= 11 is 5.99. The molecule has 0 unspecified atom stereocenters. The largest absolute Gasteiger partial charge is 0.354 e. The lowest BCUT2D eigenvalue weighted by molar-refractivity contribution is -0.120. The van der Waals surface area contributed by atoms with Crippen LogP contribution in [-0.4, -0.2) is 21.7 Å². The number of aromatic nitrogens is 2. The Kier molecular flexibility index (Phi) is 5.19. The molecule has 2 aromatic carbocycles. The van der Waals surface area contributed by atoms with Gasteiger partial charge in [0.05, 0.1) is 17.8 Å². The van der Waals surface area contributed by atoms with Crippen LogP contribution < -0.4 is 5.32 Å². The van der Waals surface area contributed by atoms with E-state index in [9.17, 15) is 4.79 Å². The molecular formula is C20H20ClN3O. The van der Waals surface area contributed by atoms with E-state index in [1.165, 1.54) is 0 Å². The van der Waals surface area contributed by atoms with Crippen LogP contribution in [0.5, 0.6) is 0 Å². The van der Waals surface area contributed by atoms with Crippen LogP contribution in [0.3, 0.4) is 0 Å². The van der Waals surface area contributed by atoms with Crippen LogP contribution >= 0.6 is 11.6 Å². The molecule has 4 nitrogen and oxygen atoms in total. The highest BCUT2D eigenvalue weighted by Crippen LogP contribution is 2.25. The van der Waals surface area contributed by atoms with Crippen molar-refractivity contribution in [1.82, 2.24) is 15.1 Å². The third-order valence-electron chi connectivity index (χ3n) is 3.73. The number of halogens is 1. The summed E-state index contributed by atoms with van der Waals surface area (Å²) in [5.41, 5.74) is 3.56. The van der Waals surface area contributed by atoms with E-state index >= 15 is 0 Å². The molecule has 0 bridgehead atoms. The minimum Gasteiger partial charge on any atom is -0.354 e. The average Bonchev–Trinajstić information content (AvgIpc) is 2.99. The minimum absolute atomic E-state index is 0.0159. The molecule has 1 heterocycles. The van der Waals surface area contributed by atoms with Crippen LogP contribution in [0, 0.1) is 0 Å². The van der Waals surface area contributed by atoms with Crippen molar-refractivity contribution in [3.63, 3.8) is 0 Å². The molecule has 0 aliphatic heterocycles. The molecule has 0 fully saturated rings. The van der Waals surface area contributed by atoms with Crippen molar-refractivity contribution in [1.29, 1.82) is 0 Å². The van der Waals surface area contributed by atoms with Crippen LogP contribution in [0.25, 0.3) is 16.9 Å². The molecule has 0 spiro atoms. The van der Waals surface area contributed by atoms with Crippen molar-refractivity contribution < 1.29 is 4.79 Å². The molecule has 3 aromatic rings. The van der Waals surface area contributed by atoms with Crippen LogP contribution in [0.4, 0.5) is 0 Å². The van der Waals surface area contributed by atoms with Crippen LogP contribution in [0.15, 0.2) is 60.8 Å². The smallest absolute Gasteiger partial charge is 0.224 e. The highest BCUT2D eigenvalue weighted by molar-refractivity contribution is 6.30. The number of para-hydroxylation sites is 1. The molecule has 5 heteroatoms. The number of nitrogens with one attached hydrogen (secondary N) is 1. The van der Waals surface area contributed by atoms with E-state index in [0.29, 0.717) is 5.02 Å². The van der Waals surface area contributed by atoms with Crippen molar-refractivity contribution in [3.8, 4) is 16.9 Å². The lowest BCUT2D eigenvalue weighted by Crippen LogP contribution is -2.31. The Morgan fingerprint density at radius 3 is 2.44 bits per heavy atom. The highest BCUT2D eigenvalue weighted by Gasteiger charge is 2.16. The molecule has 0 radical (unpaired) electrons. The maximum absolute atomic E-state index is 12.2. The Morgan fingerprint density at radius 1 is 1.12 bits per heavy atom. The van der Waals surface area contributed by atoms with E-state index in [1.807, 2.05) is 79.3 Å². The van der Waals surface area contributed by atoms with E-state index in [1.54, 1.807) is 0 Å². The second-order valence-corrected chi connectivity index (χ2v) is 6.63. The predicted octanol–water partition coefficient (Wildman–Crippen LogP) is 4.26. The van der Waals surface area contributed by atoms with E-state index in [-0.39, 0.29) is 18.4 Å². The summed E-state index contributed by atoms with van der Waals surface area (Å²) in [7, 11) is 0. The monoisotopic (exact) mass is 353 g/mol. The van der Waals surface area contributed by atoms with Crippen LogP contribution in [0.2, 0.25) is 5.02 Å². The molecule has 1 aromatic heterocycles. The lowest BCUT2D eigenvalue weighted by atomic mass is 10.1. The van der Waals surface area contributed by atoms with Gasteiger partial charge in [0.25, 0.3) is 0 Å². The molecule has 1 amide bonds. The van der Waals surface area contributed by atoms with Crippen molar-refractivity contribution in [2.75, 3.05) is 0 Å². The third-order valence-corrected chi connectivity index (χ3v) is 3.98. The predicted molar refractivity (Wildman–Crippen MR) is 101 cm³/mol. The molecule has 0 aliphatic carbocycles. The van der Waals surface area contributed by atoms with Gasteiger partial charge in [-0.15, -0.1) is 0 Å². The zero-order chi connectivity index (χ0) is 17.8. The van der Waals surface area contributed by atoms with Gasteiger partial charge in [0, 0.05) is 28.4 Å². The third kappa shape index (κ3) is 4.28. The molecule has 0 atom stereocenters. The van der Waals surface area contributed by atoms with Crippen molar-refractivity contribution in [2.24, 2.45) is 0 Å². The molecule has 0 saturated carbocycles. The van der Waals surface area contributed by atoms with Crippen molar-refractivity contribution >= 4 is 17.5 Å². The summed E-state index contributed by atoms with van der Waals surface area (Å²) < 4.78 is 1.81. The Bertz CT molecular complexity index is 854.